The van der Waals surface area contributed by atoms with Crippen LogP contribution in [0, 0.1) is 0 Å². The molecule has 4 atom stereocenters. The normalized spacial score (nSPS) is 26.7. The summed E-state index contributed by atoms with van der Waals surface area (Å²) in [5.41, 5.74) is 6.11. The number of nitrogens with zero attached hydrogens (tertiary/aromatic N) is 2. The Kier molecular flexibility index (Phi) is 7.33. The lowest BCUT2D eigenvalue weighted by molar-refractivity contribution is -0.0612. The molecule has 2 rings (SSSR count). The van der Waals surface area contributed by atoms with Crippen molar-refractivity contribution in [3.05, 3.63) is 5.15 Å². The van der Waals surface area contributed by atoms with Gasteiger partial charge in [0.1, 0.15) is 17.9 Å². The first-order chi connectivity index (χ1) is 11.5. The number of ether oxygens (including phenoxy) is 1. The molecule has 1 unspecified atom stereocenters. The highest BCUT2D eigenvalue weighted by molar-refractivity contribution is 7.99. The van der Waals surface area contributed by atoms with Crippen molar-refractivity contribution in [1.82, 2.24) is 9.97 Å². The maximum atomic E-state index is 10.2. The zero-order valence-electron chi connectivity index (χ0n) is 13.4. The molecule has 0 saturated heterocycles. The van der Waals surface area contributed by atoms with Crippen molar-refractivity contribution in [2.24, 2.45) is 0 Å². The molecule has 6 N–H and O–H groups in total. The number of aliphatic hydroxyl groups excluding tert-OH is 3. The van der Waals surface area contributed by atoms with E-state index in [9.17, 15) is 10.2 Å². The van der Waals surface area contributed by atoms with E-state index in [1.54, 1.807) is 0 Å². The van der Waals surface area contributed by atoms with Crippen molar-refractivity contribution < 1.29 is 20.1 Å². The molecule has 0 spiro atoms. The van der Waals surface area contributed by atoms with Gasteiger partial charge in [0.05, 0.1) is 25.4 Å². The van der Waals surface area contributed by atoms with E-state index < -0.39 is 24.4 Å². The summed E-state index contributed by atoms with van der Waals surface area (Å²) >= 11 is 7.51. The minimum absolute atomic E-state index is 0.0977. The molecule has 136 valence electrons. The third kappa shape index (κ3) is 4.62. The van der Waals surface area contributed by atoms with Gasteiger partial charge < -0.3 is 31.1 Å². The number of thioether (sulfide) groups is 1. The smallest absolute Gasteiger partial charge is 0.191 e. The third-order valence-corrected chi connectivity index (χ3v) is 5.03. The Balaban J connectivity index is 2.10. The first-order valence-electron chi connectivity index (χ1n) is 7.78. The second-order valence-corrected chi connectivity index (χ2v) is 6.93. The van der Waals surface area contributed by atoms with E-state index in [1.807, 2.05) is 6.92 Å². The number of aliphatic hydroxyl groups is 3. The van der Waals surface area contributed by atoms with Gasteiger partial charge in [-0.3, -0.25) is 0 Å². The van der Waals surface area contributed by atoms with Gasteiger partial charge in [0.25, 0.3) is 0 Å². The summed E-state index contributed by atoms with van der Waals surface area (Å²) in [5, 5.41) is 32.7. The average molecular weight is 379 g/mol. The maximum absolute atomic E-state index is 10.2. The fraction of sp³-hybridized carbons (Fsp3) is 0.714. The van der Waals surface area contributed by atoms with Crippen LogP contribution in [0.5, 0.6) is 0 Å². The second kappa shape index (κ2) is 9.02. The maximum Gasteiger partial charge on any atom is 0.191 e. The Hall–Kier alpha value is -0.840. The van der Waals surface area contributed by atoms with E-state index in [2.05, 4.69) is 15.3 Å². The molecule has 0 radical (unpaired) electrons. The molecule has 8 nitrogen and oxygen atoms in total. The van der Waals surface area contributed by atoms with Crippen LogP contribution in [0.25, 0.3) is 0 Å². The van der Waals surface area contributed by atoms with Crippen LogP contribution in [0.4, 0.5) is 11.5 Å². The second-order valence-electron chi connectivity index (χ2n) is 5.51. The van der Waals surface area contributed by atoms with Gasteiger partial charge in [-0.15, -0.1) is 0 Å². The topological polar surface area (TPSA) is 134 Å². The van der Waals surface area contributed by atoms with Gasteiger partial charge in [0, 0.05) is 5.75 Å². The lowest BCUT2D eigenvalue weighted by Gasteiger charge is -2.19. The van der Waals surface area contributed by atoms with Gasteiger partial charge in [0.2, 0.25) is 0 Å². The molecule has 0 aliphatic heterocycles. The number of halogens is 1. The minimum Gasteiger partial charge on any atom is -0.394 e. The summed E-state index contributed by atoms with van der Waals surface area (Å²) in [7, 11) is 0. The summed E-state index contributed by atoms with van der Waals surface area (Å²) in [4.78, 5) is 8.46. The van der Waals surface area contributed by atoms with E-state index in [-0.39, 0.29) is 24.1 Å². The van der Waals surface area contributed by atoms with Crippen LogP contribution in [-0.4, -0.2) is 68.6 Å². The Bertz CT molecular complexity index is 554. The van der Waals surface area contributed by atoms with E-state index in [4.69, 9.17) is 27.2 Å². The van der Waals surface area contributed by atoms with E-state index >= 15 is 0 Å². The molecule has 0 amide bonds. The van der Waals surface area contributed by atoms with Crippen molar-refractivity contribution in [2.45, 2.75) is 49.3 Å². The Morgan fingerprint density at radius 3 is 2.79 bits per heavy atom. The summed E-state index contributed by atoms with van der Waals surface area (Å²) in [6, 6.07) is -0.499. The molecule has 0 bridgehead atoms. The number of nitrogens with one attached hydrogen (secondary N) is 1. The Morgan fingerprint density at radius 2 is 2.12 bits per heavy atom. The van der Waals surface area contributed by atoms with Gasteiger partial charge in [-0.25, -0.2) is 9.97 Å². The van der Waals surface area contributed by atoms with Gasteiger partial charge in [0.15, 0.2) is 16.1 Å². The molecular weight excluding hydrogens is 356 g/mol. The average Bonchev–Trinajstić information content (AvgIpc) is 2.83. The van der Waals surface area contributed by atoms with Crippen molar-refractivity contribution >= 4 is 34.9 Å². The van der Waals surface area contributed by atoms with Crippen LogP contribution in [-0.2, 0) is 4.74 Å². The monoisotopic (exact) mass is 378 g/mol. The predicted octanol–water partition coefficient (Wildman–Crippen LogP) is 0.498. The fourth-order valence-electron chi connectivity index (χ4n) is 2.47. The van der Waals surface area contributed by atoms with Crippen molar-refractivity contribution in [2.75, 3.05) is 30.0 Å². The fourth-order valence-corrected chi connectivity index (χ4v) is 3.39. The largest absolute Gasteiger partial charge is 0.394 e. The van der Waals surface area contributed by atoms with Gasteiger partial charge >= 0.3 is 0 Å². The SMILES string of the molecule is CCCSc1nc(Cl)c(N)c(NC2C[C@H](OCCO)[C@@H](O)[C@H]2O)n1. The number of hydrogen-bond acceptors (Lipinski definition) is 9. The highest BCUT2D eigenvalue weighted by Crippen LogP contribution is 2.31. The molecule has 1 aromatic rings. The van der Waals surface area contributed by atoms with Crippen LogP contribution >= 0.6 is 23.4 Å². The number of nitrogen functional groups attached to an aromatic ring is 1. The number of nitrogens with two attached hydrogens (primary N) is 1. The molecule has 1 fully saturated rings. The van der Waals surface area contributed by atoms with Crippen LogP contribution in [0.2, 0.25) is 5.15 Å². The lowest BCUT2D eigenvalue weighted by Crippen LogP contribution is -2.36. The summed E-state index contributed by atoms with van der Waals surface area (Å²) in [5.74, 6) is 1.18. The van der Waals surface area contributed by atoms with Crippen molar-refractivity contribution in [1.29, 1.82) is 0 Å². The first kappa shape index (κ1) is 19.5. The third-order valence-electron chi connectivity index (χ3n) is 3.69. The quantitative estimate of drug-likeness (QED) is 0.249. The molecule has 1 aliphatic carbocycles. The van der Waals surface area contributed by atoms with Gasteiger partial charge in [-0.2, -0.15) is 0 Å². The highest BCUT2D eigenvalue weighted by atomic mass is 35.5. The Morgan fingerprint density at radius 1 is 1.38 bits per heavy atom. The van der Waals surface area contributed by atoms with E-state index in [0.29, 0.717) is 17.4 Å². The Labute approximate surface area is 149 Å². The molecule has 10 heteroatoms. The van der Waals surface area contributed by atoms with Crippen molar-refractivity contribution in [3.8, 4) is 0 Å². The van der Waals surface area contributed by atoms with E-state index in [1.165, 1.54) is 11.8 Å². The zero-order chi connectivity index (χ0) is 17.7. The van der Waals surface area contributed by atoms with Crippen LogP contribution in [0.15, 0.2) is 5.16 Å². The summed E-state index contributed by atoms with van der Waals surface area (Å²) in [6.45, 7) is 2.00. The number of hydrogen-bond donors (Lipinski definition) is 5. The first-order valence-corrected chi connectivity index (χ1v) is 9.15. The number of aromatic nitrogens is 2. The minimum atomic E-state index is -1.05. The van der Waals surface area contributed by atoms with Crippen LogP contribution in [0.3, 0.4) is 0 Å². The molecule has 1 saturated carbocycles. The molecule has 1 aliphatic rings. The van der Waals surface area contributed by atoms with Crippen LogP contribution < -0.4 is 11.1 Å². The number of rotatable bonds is 8. The molecule has 1 heterocycles. The van der Waals surface area contributed by atoms with Gasteiger partial charge in [-0.1, -0.05) is 30.3 Å². The highest BCUT2D eigenvalue weighted by Gasteiger charge is 2.42. The van der Waals surface area contributed by atoms with E-state index in [0.717, 1.165) is 12.2 Å². The lowest BCUT2D eigenvalue weighted by atomic mass is 10.2. The number of anilines is 2. The molecule has 24 heavy (non-hydrogen) atoms. The zero-order valence-corrected chi connectivity index (χ0v) is 14.9. The molecule has 0 aromatic carbocycles. The molecule has 1 aromatic heterocycles. The summed E-state index contributed by atoms with van der Waals surface area (Å²) < 4.78 is 5.34. The van der Waals surface area contributed by atoms with Gasteiger partial charge in [-0.05, 0) is 12.8 Å². The molecular formula is C14H23ClN4O4S. The van der Waals surface area contributed by atoms with Crippen LogP contribution in [0.1, 0.15) is 19.8 Å². The standard InChI is InChI=1S/C14H23ClN4O4S/c1-2-5-24-14-18-12(15)9(16)13(19-14)17-7-6-8(23-4-3-20)11(22)10(7)21/h7-8,10-11,20-22H,2-6,16H2,1H3,(H,17,18,19)/t7?,8-,10-,11+/m0/s1. The van der Waals surface area contributed by atoms with Crippen molar-refractivity contribution in [3.63, 3.8) is 0 Å². The summed E-state index contributed by atoms with van der Waals surface area (Å²) in [6.07, 6.45) is -1.36. The predicted molar refractivity (Wildman–Crippen MR) is 93.3 cm³/mol.